The summed E-state index contributed by atoms with van der Waals surface area (Å²) >= 11 is 0. The van der Waals surface area contributed by atoms with Crippen molar-refractivity contribution < 1.29 is 14.7 Å². The first kappa shape index (κ1) is 19.4. The Balaban J connectivity index is 1.92. The van der Waals surface area contributed by atoms with Gasteiger partial charge in [-0.1, -0.05) is 62.9 Å². The summed E-state index contributed by atoms with van der Waals surface area (Å²) in [5, 5.41) is 15.0. The van der Waals surface area contributed by atoms with E-state index in [1.54, 1.807) is 0 Å². The number of benzene rings is 1. The number of carbonyl (C=O) groups excluding carboxylic acids is 1. The van der Waals surface area contributed by atoms with Crippen molar-refractivity contribution in [3.05, 3.63) is 35.9 Å². The Morgan fingerprint density at radius 1 is 1.16 bits per heavy atom. The van der Waals surface area contributed by atoms with Crippen molar-refractivity contribution in [3.63, 3.8) is 0 Å². The third-order valence-electron chi connectivity index (χ3n) is 5.21. The molecule has 1 atom stereocenters. The van der Waals surface area contributed by atoms with Crippen LogP contribution in [0.5, 0.6) is 0 Å². The summed E-state index contributed by atoms with van der Waals surface area (Å²) in [6, 6.07) is 9.76. The zero-order valence-electron chi connectivity index (χ0n) is 15.1. The monoisotopic (exact) mass is 346 g/mol. The van der Waals surface area contributed by atoms with Gasteiger partial charge in [0.05, 0.1) is 6.54 Å². The Morgan fingerprint density at radius 2 is 1.84 bits per heavy atom. The summed E-state index contributed by atoms with van der Waals surface area (Å²) in [4.78, 5) is 23.4. The highest BCUT2D eigenvalue weighted by Crippen LogP contribution is 2.38. The normalized spacial score (nSPS) is 17.6. The van der Waals surface area contributed by atoms with E-state index < -0.39 is 12.0 Å². The number of amides is 1. The lowest BCUT2D eigenvalue weighted by molar-refractivity contribution is -0.139. The Morgan fingerprint density at radius 3 is 2.44 bits per heavy atom. The predicted molar refractivity (Wildman–Crippen MR) is 98.5 cm³/mol. The van der Waals surface area contributed by atoms with Crippen LogP contribution in [-0.4, -0.2) is 36.1 Å². The van der Waals surface area contributed by atoms with Gasteiger partial charge in [0.2, 0.25) is 5.91 Å². The van der Waals surface area contributed by atoms with E-state index >= 15 is 0 Å². The molecular weight excluding hydrogens is 316 g/mol. The zero-order chi connectivity index (χ0) is 18.1. The van der Waals surface area contributed by atoms with Crippen LogP contribution < -0.4 is 10.6 Å². The summed E-state index contributed by atoms with van der Waals surface area (Å²) < 4.78 is 0. The Hall–Kier alpha value is -1.88. The van der Waals surface area contributed by atoms with Crippen molar-refractivity contribution >= 4 is 11.9 Å². The molecule has 5 heteroatoms. The fourth-order valence-corrected chi connectivity index (χ4v) is 3.74. The number of nitrogens with one attached hydrogen (secondary N) is 2. The van der Waals surface area contributed by atoms with Gasteiger partial charge in [-0.15, -0.1) is 0 Å². The molecule has 1 amide bonds. The Labute approximate surface area is 150 Å². The van der Waals surface area contributed by atoms with Crippen LogP contribution in [0.4, 0.5) is 0 Å². The summed E-state index contributed by atoms with van der Waals surface area (Å²) in [6.07, 6.45) is 7.07. The summed E-state index contributed by atoms with van der Waals surface area (Å²) in [7, 11) is 0. The lowest BCUT2D eigenvalue weighted by atomic mass is 9.69. The van der Waals surface area contributed by atoms with Crippen molar-refractivity contribution in [2.45, 2.75) is 63.3 Å². The zero-order valence-corrected chi connectivity index (χ0v) is 15.1. The van der Waals surface area contributed by atoms with Crippen molar-refractivity contribution in [2.24, 2.45) is 0 Å². The fraction of sp³-hybridized carbons (Fsp3) is 0.600. The number of carboxylic acid groups (broad SMARTS) is 1. The molecule has 5 nitrogen and oxygen atoms in total. The maximum atomic E-state index is 12.2. The minimum absolute atomic E-state index is 0.00475. The average molecular weight is 346 g/mol. The smallest absolute Gasteiger partial charge is 0.320 e. The van der Waals surface area contributed by atoms with E-state index in [1.807, 2.05) is 13.0 Å². The Bertz CT molecular complexity index is 553. The summed E-state index contributed by atoms with van der Waals surface area (Å²) in [5.74, 6) is -1.04. The number of rotatable bonds is 9. The maximum absolute atomic E-state index is 12.2. The highest BCUT2D eigenvalue weighted by molar-refractivity contribution is 5.80. The molecule has 3 N–H and O–H groups in total. The van der Waals surface area contributed by atoms with Gasteiger partial charge in [-0.3, -0.25) is 14.9 Å². The quantitative estimate of drug-likeness (QED) is 0.642. The van der Waals surface area contributed by atoms with E-state index in [1.165, 1.54) is 24.8 Å². The standard InChI is InChI=1S/C20H30N2O3/c1-2-9-17(19(24)25)21-14-18(23)22-15-20(12-7-4-8-13-20)16-10-5-3-6-11-16/h3,5-6,10-11,17,21H,2,4,7-9,12-15H2,1H3,(H,22,23)(H,24,25). The van der Waals surface area contributed by atoms with E-state index in [4.69, 9.17) is 5.11 Å². The summed E-state index contributed by atoms with van der Waals surface area (Å²) in [6.45, 7) is 2.59. The lowest BCUT2D eigenvalue weighted by Crippen LogP contribution is -2.47. The molecule has 1 aromatic rings. The lowest BCUT2D eigenvalue weighted by Gasteiger charge is -2.38. The van der Waals surface area contributed by atoms with E-state index in [2.05, 4.69) is 34.9 Å². The SMILES string of the molecule is CCCC(NCC(=O)NCC1(c2ccccc2)CCCCC1)C(=O)O. The molecule has 2 rings (SSSR count). The molecule has 25 heavy (non-hydrogen) atoms. The second-order valence-electron chi connectivity index (χ2n) is 7.04. The van der Waals surface area contributed by atoms with E-state index in [9.17, 15) is 9.59 Å². The van der Waals surface area contributed by atoms with E-state index in [0.717, 1.165) is 19.3 Å². The predicted octanol–water partition coefficient (Wildman–Crippen LogP) is 2.85. The van der Waals surface area contributed by atoms with Crippen LogP contribution in [0.25, 0.3) is 0 Å². The van der Waals surface area contributed by atoms with Crippen molar-refractivity contribution in [1.29, 1.82) is 0 Å². The molecule has 1 aromatic carbocycles. The van der Waals surface area contributed by atoms with Crippen LogP contribution in [0.15, 0.2) is 30.3 Å². The summed E-state index contributed by atoms with van der Waals surface area (Å²) in [5.41, 5.74) is 1.29. The molecule has 1 unspecified atom stereocenters. The number of hydrogen-bond donors (Lipinski definition) is 3. The molecule has 138 valence electrons. The molecule has 0 heterocycles. The van der Waals surface area contributed by atoms with Crippen molar-refractivity contribution in [2.75, 3.05) is 13.1 Å². The van der Waals surface area contributed by atoms with Gasteiger partial charge < -0.3 is 10.4 Å². The van der Waals surface area contributed by atoms with Gasteiger partial charge in [0.15, 0.2) is 0 Å². The van der Waals surface area contributed by atoms with Gasteiger partial charge in [-0.2, -0.15) is 0 Å². The molecule has 1 fully saturated rings. The largest absolute Gasteiger partial charge is 0.480 e. The minimum atomic E-state index is -0.900. The third-order valence-corrected chi connectivity index (χ3v) is 5.21. The van der Waals surface area contributed by atoms with Gasteiger partial charge in [0, 0.05) is 12.0 Å². The van der Waals surface area contributed by atoms with Gasteiger partial charge >= 0.3 is 5.97 Å². The molecule has 0 saturated heterocycles. The van der Waals surface area contributed by atoms with E-state index in [-0.39, 0.29) is 17.9 Å². The molecular formula is C20H30N2O3. The molecule has 0 spiro atoms. The molecule has 0 aliphatic heterocycles. The first-order chi connectivity index (χ1) is 12.1. The van der Waals surface area contributed by atoms with Gasteiger partial charge in [-0.05, 0) is 24.8 Å². The van der Waals surface area contributed by atoms with Gasteiger partial charge in [-0.25, -0.2) is 0 Å². The molecule has 0 bridgehead atoms. The number of aliphatic carboxylic acids is 1. The van der Waals surface area contributed by atoms with Crippen LogP contribution in [0, 0.1) is 0 Å². The first-order valence-electron chi connectivity index (χ1n) is 9.36. The molecule has 1 aliphatic rings. The fourth-order valence-electron chi connectivity index (χ4n) is 3.74. The van der Waals surface area contributed by atoms with Gasteiger partial charge in [0.25, 0.3) is 0 Å². The van der Waals surface area contributed by atoms with E-state index in [0.29, 0.717) is 13.0 Å². The van der Waals surface area contributed by atoms with Crippen LogP contribution in [0.1, 0.15) is 57.4 Å². The highest BCUT2D eigenvalue weighted by atomic mass is 16.4. The molecule has 1 aliphatic carbocycles. The second kappa shape index (κ2) is 9.56. The van der Waals surface area contributed by atoms with Crippen LogP contribution >= 0.6 is 0 Å². The van der Waals surface area contributed by atoms with Crippen molar-refractivity contribution in [3.8, 4) is 0 Å². The van der Waals surface area contributed by atoms with Crippen molar-refractivity contribution in [1.82, 2.24) is 10.6 Å². The van der Waals surface area contributed by atoms with Crippen LogP contribution in [0.3, 0.4) is 0 Å². The second-order valence-corrected chi connectivity index (χ2v) is 7.04. The minimum Gasteiger partial charge on any atom is -0.480 e. The third kappa shape index (κ3) is 5.56. The number of hydrogen-bond acceptors (Lipinski definition) is 3. The average Bonchev–Trinajstić information content (AvgIpc) is 2.64. The first-order valence-corrected chi connectivity index (χ1v) is 9.36. The topological polar surface area (TPSA) is 78.4 Å². The number of carbonyl (C=O) groups is 2. The number of carboxylic acids is 1. The molecule has 1 saturated carbocycles. The molecule has 0 radical (unpaired) electrons. The highest BCUT2D eigenvalue weighted by Gasteiger charge is 2.34. The maximum Gasteiger partial charge on any atom is 0.320 e. The Kier molecular flexibility index (Phi) is 7.44. The van der Waals surface area contributed by atoms with Crippen LogP contribution in [-0.2, 0) is 15.0 Å². The van der Waals surface area contributed by atoms with Crippen LogP contribution in [0.2, 0.25) is 0 Å². The van der Waals surface area contributed by atoms with Gasteiger partial charge in [0.1, 0.15) is 6.04 Å². The molecule has 0 aromatic heterocycles.